The van der Waals surface area contributed by atoms with Gasteiger partial charge in [0.05, 0.1) is 19.2 Å². The zero-order chi connectivity index (χ0) is 17.4. The van der Waals surface area contributed by atoms with Gasteiger partial charge in [0, 0.05) is 5.02 Å². The quantitative estimate of drug-likeness (QED) is 0.749. The number of hydrogen-bond donors (Lipinski definition) is 2. The topological polar surface area (TPSA) is 78.0 Å². The van der Waals surface area contributed by atoms with Crippen LogP contribution in [0.1, 0.15) is 29.6 Å². The second kappa shape index (κ2) is 6.29. The Labute approximate surface area is 150 Å². The van der Waals surface area contributed by atoms with Gasteiger partial charge >= 0.3 is 0 Å². The van der Waals surface area contributed by atoms with E-state index in [-0.39, 0.29) is 18.0 Å². The fourth-order valence-corrected chi connectivity index (χ4v) is 3.36. The van der Waals surface area contributed by atoms with Crippen LogP contribution >= 0.6 is 11.6 Å². The number of benzene rings is 2. The van der Waals surface area contributed by atoms with Crippen molar-refractivity contribution < 1.29 is 4.74 Å². The van der Waals surface area contributed by atoms with Crippen LogP contribution in [-0.2, 0) is 0 Å². The third kappa shape index (κ3) is 3.00. The van der Waals surface area contributed by atoms with Crippen LogP contribution in [0.2, 0.25) is 5.02 Å². The van der Waals surface area contributed by atoms with Crippen LogP contribution in [-0.4, -0.2) is 21.9 Å². The number of nitrogen functional groups attached to an aromatic ring is 1. The van der Waals surface area contributed by atoms with Crippen LogP contribution < -0.4 is 15.8 Å². The third-order valence-corrected chi connectivity index (χ3v) is 4.71. The summed E-state index contributed by atoms with van der Waals surface area (Å²) in [6.45, 7) is 0. The number of rotatable bonds is 3. The molecule has 6 nitrogen and oxygen atoms in total. The van der Waals surface area contributed by atoms with E-state index in [1.807, 2.05) is 47.1 Å². The van der Waals surface area contributed by atoms with Crippen molar-refractivity contribution in [3.8, 4) is 5.75 Å². The smallest absolute Gasteiger partial charge is 0.241 e. The molecule has 0 radical (unpaired) electrons. The second-order valence-electron chi connectivity index (χ2n) is 6.01. The van der Waals surface area contributed by atoms with Gasteiger partial charge in [-0.05, 0) is 41.8 Å². The number of nitrogens with one attached hydrogen (secondary N) is 1. The molecule has 0 spiro atoms. The molecule has 4 rings (SSSR count). The lowest BCUT2D eigenvalue weighted by atomic mass is 9.93. The van der Waals surface area contributed by atoms with E-state index in [0.29, 0.717) is 5.95 Å². The molecular weight excluding hydrogens is 338 g/mol. The SMILES string of the molecule is COc1cccc([C@H]2C[C@@H](c3ccc(Cl)cc3)Nc3nc(N)nn32)c1. The molecule has 0 unspecified atom stereocenters. The number of methoxy groups -OCH3 is 1. The lowest BCUT2D eigenvalue weighted by Gasteiger charge is -2.31. The molecule has 25 heavy (non-hydrogen) atoms. The van der Waals surface area contributed by atoms with Crippen molar-refractivity contribution in [1.82, 2.24) is 14.8 Å². The molecule has 0 saturated carbocycles. The van der Waals surface area contributed by atoms with Gasteiger partial charge < -0.3 is 15.8 Å². The number of hydrogen-bond acceptors (Lipinski definition) is 5. The highest BCUT2D eigenvalue weighted by Crippen LogP contribution is 2.38. The van der Waals surface area contributed by atoms with Crippen molar-refractivity contribution in [3.05, 3.63) is 64.7 Å². The molecule has 7 heteroatoms. The number of nitrogens with two attached hydrogens (primary N) is 1. The highest BCUT2D eigenvalue weighted by molar-refractivity contribution is 6.30. The number of ether oxygens (including phenoxy) is 1. The summed E-state index contributed by atoms with van der Waals surface area (Å²) < 4.78 is 7.21. The summed E-state index contributed by atoms with van der Waals surface area (Å²) in [5.74, 6) is 1.73. The van der Waals surface area contributed by atoms with Gasteiger partial charge in [0.1, 0.15) is 5.75 Å². The van der Waals surface area contributed by atoms with Crippen molar-refractivity contribution in [2.45, 2.75) is 18.5 Å². The van der Waals surface area contributed by atoms with E-state index in [4.69, 9.17) is 22.1 Å². The highest BCUT2D eigenvalue weighted by atomic mass is 35.5. The standard InChI is InChI=1S/C18H18ClN5O/c1-25-14-4-2-3-12(9-14)16-10-15(11-5-7-13(19)8-6-11)21-18-22-17(20)23-24(16)18/h2-9,15-16H,10H2,1H3,(H3,20,21,22,23)/t15-,16+/m0/s1. The maximum absolute atomic E-state index is 6.02. The van der Waals surface area contributed by atoms with Crippen molar-refractivity contribution in [3.63, 3.8) is 0 Å². The van der Waals surface area contributed by atoms with E-state index in [2.05, 4.69) is 21.5 Å². The maximum atomic E-state index is 6.02. The Morgan fingerprint density at radius 1 is 1.20 bits per heavy atom. The molecule has 3 N–H and O–H groups in total. The van der Waals surface area contributed by atoms with Crippen molar-refractivity contribution >= 4 is 23.5 Å². The van der Waals surface area contributed by atoms with Gasteiger partial charge in [-0.2, -0.15) is 4.98 Å². The molecule has 3 aromatic rings. The average Bonchev–Trinajstić information content (AvgIpc) is 3.01. The molecule has 1 aliphatic heterocycles. The summed E-state index contributed by atoms with van der Waals surface area (Å²) in [5, 5.41) is 8.50. The van der Waals surface area contributed by atoms with Crippen molar-refractivity contribution in [2.24, 2.45) is 0 Å². The summed E-state index contributed by atoms with van der Waals surface area (Å²) >= 11 is 6.02. The predicted molar refractivity (Wildman–Crippen MR) is 98.0 cm³/mol. The van der Waals surface area contributed by atoms with Gasteiger partial charge in [0.2, 0.25) is 11.9 Å². The summed E-state index contributed by atoms with van der Waals surface area (Å²) in [4.78, 5) is 4.32. The Morgan fingerprint density at radius 2 is 2.00 bits per heavy atom. The van der Waals surface area contributed by atoms with Crippen molar-refractivity contribution in [2.75, 3.05) is 18.2 Å². The fraction of sp³-hybridized carbons (Fsp3) is 0.222. The van der Waals surface area contributed by atoms with Crippen LogP contribution in [0.25, 0.3) is 0 Å². The minimum absolute atomic E-state index is 0.0110. The van der Waals surface area contributed by atoms with Gasteiger partial charge in [-0.3, -0.25) is 0 Å². The number of halogens is 1. The van der Waals surface area contributed by atoms with E-state index in [0.717, 1.165) is 28.3 Å². The molecule has 2 aromatic carbocycles. The highest BCUT2D eigenvalue weighted by Gasteiger charge is 2.31. The van der Waals surface area contributed by atoms with Gasteiger partial charge in [-0.15, -0.1) is 5.10 Å². The molecule has 1 aromatic heterocycles. The molecule has 0 aliphatic carbocycles. The molecular formula is C18H18ClN5O. The fourth-order valence-electron chi connectivity index (χ4n) is 3.23. The first-order valence-corrected chi connectivity index (χ1v) is 8.40. The minimum Gasteiger partial charge on any atom is -0.497 e. The molecule has 2 atom stereocenters. The Kier molecular flexibility index (Phi) is 3.97. The zero-order valence-corrected chi connectivity index (χ0v) is 14.4. The molecule has 2 heterocycles. The molecule has 0 fully saturated rings. The lowest BCUT2D eigenvalue weighted by Crippen LogP contribution is -2.28. The van der Waals surface area contributed by atoms with Crippen molar-refractivity contribution in [1.29, 1.82) is 0 Å². The third-order valence-electron chi connectivity index (χ3n) is 4.46. The van der Waals surface area contributed by atoms with Gasteiger partial charge in [0.25, 0.3) is 0 Å². The van der Waals surface area contributed by atoms with Gasteiger partial charge in [-0.25, -0.2) is 4.68 Å². The van der Waals surface area contributed by atoms with Crippen LogP contribution in [0.3, 0.4) is 0 Å². The number of fused-ring (bicyclic) bond motifs is 1. The summed E-state index contributed by atoms with van der Waals surface area (Å²) in [7, 11) is 1.66. The minimum atomic E-state index is 0.0110. The average molecular weight is 356 g/mol. The zero-order valence-electron chi connectivity index (χ0n) is 13.7. The monoisotopic (exact) mass is 355 g/mol. The first-order valence-electron chi connectivity index (χ1n) is 8.02. The first kappa shape index (κ1) is 15.8. The van der Waals surface area contributed by atoms with E-state index in [1.54, 1.807) is 7.11 Å². The number of anilines is 2. The predicted octanol–water partition coefficient (Wildman–Crippen LogP) is 3.67. The molecule has 1 aliphatic rings. The van der Waals surface area contributed by atoms with Crippen LogP contribution in [0.5, 0.6) is 5.75 Å². The second-order valence-corrected chi connectivity index (χ2v) is 6.45. The van der Waals surface area contributed by atoms with E-state index in [1.165, 1.54) is 0 Å². The first-order chi connectivity index (χ1) is 12.1. The van der Waals surface area contributed by atoms with Gasteiger partial charge in [0.15, 0.2) is 0 Å². The molecule has 128 valence electrons. The Hall–Kier alpha value is -2.73. The lowest BCUT2D eigenvalue weighted by molar-refractivity contribution is 0.407. The van der Waals surface area contributed by atoms with E-state index >= 15 is 0 Å². The summed E-state index contributed by atoms with van der Waals surface area (Å²) in [5.41, 5.74) is 8.08. The van der Waals surface area contributed by atoms with E-state index < -0.39 is 0 Å². The Balaban J connectivity index is 1.75. The van der Waals surface area contributed by atoms with Gasteiger partial charge in [-0.1, -0.05) is 35.9 Å². The molecule has 0 amide bonds. The van der Waals surface area contributed by atoms with E-state index in [9.17, 15) is 0 Å². The maximum Gasteiger partial charge on any atom is 0.241 e. The van der Waals surface area contributed by atoms with Crippen LogP contribution in [0.15, 0.2) is 48.5 Å². The number of nitrogens with zero attached hydrogens (tertiary/aromatic N) is 3. The van der Waals surface area contributed by atoms with Crippen LogP contribution in [0, 0.1) is 0 Å². The van der Waals surface area contributed by atoms with Crippen LogP contribution in [0.4, 0.5) is 11.9 Å². The Morgan fingerprint density at radius 3 is 2.76 bits per heavy atom. The largest absolute Gasteiger partial charge is 0.497 e. The normalized spacial score (nSPS) is 19.1. The Bertz CT molecular complexity index is 893. The number of aromatic nitrogens is 3. The summed E-state index contributed by atoms with van der Waals surface area (Å²) in [6.07, 6.45) is 0.810. The molecule has 0 saturated heterocycles. The summed E-state index contributed by atoms with van der Waals surface area (Å²) in [6, 6.07) is 15.9. The molecule has 0 bridgehead atoms.